The highest BCUT2D eigenvalue weighted by atomic mass is 16.5. The van der Waals surface area contributed by atoms with E-state index in [4.69, 9.17) is 9.47 Å². The Bertz CT molecular complexity index is 703. The molecule has 0 aromatic heterocycles. The minimum absolute atomic E-state index is 0.130. The fourth-order valence-corrected chi connectivity index (χ4v) is 2.71. The molecule has 1 amide bonds. The highest BCUT2D eigenvalue weighted by Crippen LogP contribution is 2.16. The van der Waals surface area contributed by atoms with Gasteiger partial charge in [-0.25, -0.2) is 0 Å². The lowest BCUT2D eigenvalue weighted by Crippen LogP contribution is -2.42. The topological polar surface area (TPSA) is 55.8 Å². The summed E-state index contributed by atoms with van der Waals surface area (Å²) in [5, 5.41) is 0. The van der Waals surface area contributed by atoms with Gasteiger partial charge in [-0.15, -0.1) is 0 Å². The lowest BCUT2D eigenvalue weighted by molar-refractivity contribution is -0.145. The van der Waals surface area contributed by atoms with Crippen molar-refractivity contribution in [1.29, 1.82) is 0 Å². The molecular formula is C22H27NO4. The third-order valence-corrected chi connectivity index (χ3v) is 4.09. The van der Waals surface area contributed by atoms with Crippen molar-refractivity contribution < 1.29 is 19.1 Å². The van der Waals surface area contributed by atoms with Gasteiger partial charge in [0.15, 0.2) is 6.10 Å². The largest absolute Gasteiger partial charge is 0.481 e. The number of ether oxygens (including phenoxy) is 2. The van der Waals surface area contributed by atoms with E-state index in [0.29, 0.717) is 31.9 Å². The van der Waals surface area contributed by atoms with E-state index < -0.39 is 6.10 Å². The Kier molecular flexibility index (Phi) is 8.36. The number of benzene rings is 2. The molecule has 0 N–H and O–H groups in total. The van der Waals surface area contributed by atoms with E-state index >= 15 is 0 Å². The second-order valence-corrected chi connectivity index (χ2v) is 6.13. The molecule has 0 saturated heterocycles. The third kappa shape index (κ3) is 6.77. The van der Waals surface area contributed by atoms with Gasteiger partial charge in [-0.3, -0.25) is 9.59 Å². The molecular weight excluding hydrogens is 342 g/mol. The van der Waals surface area contributed by atoms with Crippen LogP contribution in [-0.4, -0.2) is 36.0 Å². The van der Waals surface area contributed by atoms with E-state index in [2.05, 4.69) is 0 Å². The van der Waals surface area contributed by atoms with Crippen LogP contribution in [-0.2, 0) is 20.9 Å². The van der Waals surface area contributed by atoms with E-state index in [1.54, 1.807) is 11.8 Å². The molecule has 0 heterocycles. The van der Waals surface area contributed by atoms with E-state index in [1.165, 1.54) is 0 Å². The Balaban J connectivity index is 2.10. The highest BCUT2D eigenvalue weighted by molar-refractivity contribution is 5.82. The third-order valence-electron chi connectivity index (χ3n) is 4.09. The summed E-state index contributed by atoms with van der Waals surface area (Å²) in [5.41, 5.74) is 1.00. The van der Waals surface area contributed by atoms with Gasteiger partial charge in [0.25, 0.3) is 5.91 Å². The zero-order valence-electron chi connectivity index (χ0n) is 16.0. The van der Waals surface area contributed by atoms with Gasteiger partial charge in [-0.05, 0) is 31.0 Å². The van der Waals surface area contributed by atoms with Crippen molar-refractivity contribution in [2.75, 3.05) is 13.2 Å². The van der Waals surface area contributed by atoms with Crippen LogP contribution in [0.2, 0.25) is 0 Å². The summed E-state index contributed by atoms with van der Waals surface area (Å²) >= 11 is 0. The van der Waals surface area contributed by atoms with Crippen LogP contribution in [0.25, 0.3) is 0 Å². The highest BCUT2D eigenvalue weighted by Gasteiger charge is 2.25. The lowest BCUT2D eigenvalue weighted by atomic mass is 10.1. The summed E-state index contributed by atoms with van der Waals surface area (Å²) in [5.74, 6) is 0.220. The van der Waals surface area contributed by atoms with Gasteiger partial charge in [-0.2, -0.15) is 0 Å². The summed E-state index contributed by atoms with van der Waals surface area (Å²) in [6.45, 7) is 4.73. The quantitative estimate of drug-likeness (QED) is 0.597. The van der Waals surface area contributed by atoms with Crippen LogP contribution in [0.5, 0.6) is 5.75 Å². The molecule has 1 atom stereocenters. The van der Waals surface area contributed by atoms with Crippen LogP contribution in [0, 0.1) is 0 Å². The molecule has 2 rings (SSSR count). The number of carbonyl (C=O) groups is 2. The summed E-state index contributed by atoms with van der Waals surface area (Å²) < 4.78 is 10.9. The molecule has 0 spiro atoms. The molecule has 2 aromatic carbocycles. The van der Waals surface area contributed by atoms with Crippen LogP contribution in [0.4, 0.5) is 0 Å². The van der Waals surface area contributed by atoms with Crippen molar-refractivity contribution in [2.45, 2.75) is 39.3 Å². The predicted molar refractivity (Wildman–Crippen MR) is 104 cm³/mol. The van der Waals surface area contributed by atoms with Gasteiger partial charge in [0.2, 0.25) is 0 Å². The molecule has 0 saturated carbocycles. The van der Waals surface area contributed by atoms with Gasteiger partial charge >= 0.3 is 5.97 Å². The monoisotopic (exact) mass is 369 g/mol. The second kappa shape index (κ2) is 11.0. The number of esters is 1. The summed E-state index contributed by atoms with van der Waals surface area (Å²) in [6, 6.07) is 19.0. The summed E-state index contributed by atoms with van der Waals surface area (Å²) in [6.07, 6.45) is 0.102. The predicted octanol–water partition coefficient (Wildman–Crippen LogP) is 3.83. The van der Waals surface area contributed by atoms with E-state index in [0.717, 1.165) is 5.56 Å². The van der Waals surface area contributed by atoms with Crippen molar-refractivity contribution in [1.82, 2.24) is 4.90 Å². The first kappa shape index (κ1) is 20.5. The molecule has 5 heteroatoms. The summed E-state index contributed by atoms with van der Waals surface area (Å²) in [4.78, 5) is 26.5. The number of carbonyl (C=O) groups excluding carboxylic acids is 2. The van der Waals surface area contributed by atoms with Gasteiger partial charge in [0.05, 0.1) is 13.0 Å². The maximum atomic E-state index is 13.1. The molecule has 0 aliphatic carbocycles. The maximum absolute atomic E-state index is 13.1. The molecule has 0 radical (unpaired) electrons. The standard InChI is InChI=1S/C22H27NO4/c1-3-20(27-19-13-9-6-10-14-19)22(25)23(16-15-21(24)26-4-2)17-18-11-7-5-8-12-18/h5-14,20H,3-4,15-17H2,1-2H3. The lowest BCUT2D eigenvalue weighted by Gasteiger charge is -2.27. The number of rotatable bonds is 10. The van der Waals surface area contributed by atoms with Crippen molar-refractivity contribution in [3.63, 3.8) is 0 Å². The average Bonchev–Trinajstić information content (AvgIpc) is 2.70. The van der Waals surface area contributed by atoms with E-state index in [9.17, 15) is 9.59 Å². The first-order valence-electron chi connectivity index (χ1n) is 9.34. The number of para-hydroxylation sites is 1. The molecule has 27 heavy (non-hydrogen) atoms. The Hall–Kier alpha value is -2.82. The zero-order chi connectivity index (χ0) is 19.5. The van der Waals surface area contributed by atoms with Gasteiger partial charge in [0.1, 0.15) is 5.75 Å². The van der Waals surface area contributed by atoms with Crippen molar-refractivity contribution >= 4 is 11.9 Å². The van der Waals surface area contributed by atoms with E-state index in [1.807, 2.05) is 67.6 Å². The molecule has 2 aromatic rings. The van der Waals surface area contributed by atoms with Gasteiger partial charge in [0, 0.05) is 13.1 Å². The van der Waals surface area contributed by atoms with Crippen LogP contribution in [0.1, 0.15) is 32.3 Å². The SMILES string of the molecule is CCOC(=O)CCN(Cc1ccccc1)C(=O)C(CC)Oc1ccccc1. The first-order valence-corrected chi connectivity index (χ1v) is 9.34. The molecule has 5 nitrogen and oxygen atoms in total. The Morgan fingerprint density at radius 2 is 1.59 bits per heavy atom. The van der Waals surface area contributed by atoms with Crippen LogP contribution < -0.4 is 4.74 Å². The fraction of sp³-hybridized carbons (Fsp3) is 0.364. The molecule has 0 aliphatic heterocycles. The van der Waals surface area contributed by atoms with Gasteiger partial charge < -0.3 is 14.4 Å². The normalized spacial score (nSPS) is 11.5. The summed E-state index contributed by atoms with van der Waals surface area (Å²) in [7, 11) is 0. The zero-order valence-corrected chi connectivity index (χ0v) is 16.0. The fourth-order valence-electron chi connectivity index (χ4n) is 2.71. The minimum Gasteiger partial charge on any atom is -0.481 e. The van der Waals surface area contributed by atoms with Crippen molar-refractivity contribution in [2.24, 2.45) is 0 Å². The number of hydrogen-bond acceptors (Lipinski definition) is 4. The number of amides is 1. The first-order chi connectivity index (χ1) is 13.1. The number of nitrogens with zero attached hydrogens (tertiary/aromatic N) is 1. The molecule has 0 fully saturated rings. The Labute approximate surface area is 160 Å². The molecule has 144 valence electrons. The van der Waals surface area contributed by atoms with E-state index in [-0.39, 0.29) is 18.3 Å². The van der Waals surface area contributed by atoms with Crippen molar-refractivity contribution in [3.8, 4) is 5.75 Å². The minimum atomic E-state index is -0.599. The average molecular weight is 369 g/mol. The number of hydrogen-bond donors (Lipinski definition) is 0. The second-order valence-electron chi connectivity index (χ2n) is 6.13. The molecule has 0 aliphatic rings. The maximum Gasteiger partial charge on any atom is 0.307 e. The Morgan fingerprint density at radius 3 is 2.19 bits per heavy atom. The molecule has 0 bridgehead atoms. The Morgan fingerprint density at radius 1 is 0.963 bits per heavy atom. The van der Waals surface area contributed by atoms with Gasteiger partial charge in [-0.1, -0.05) is 55.5 Å². The van der Waals surface area contributed by atoms with Crippen LogP contribution >= 0.6 is 0 Å². The van der Waals surface area contributed by atoms with Crippen molar-refractivity contribution in [3.05, 3.63) is 66.2 Å². The molecule has 1 unspecified atom stereocenters. The smallest absolute Gasteiger partial charge is 0.307 e. The van der Waals surface area contributed by atoms with Crippen LogP contribution in [0.15, 0.2) is 60.7 Å². The van der Waals surface area contributed by atoms with Crippen LogP contribution in [0.3, 0.4) is 0 Å².